The third kappa shape index (κ3) is 5.62. The first-order chi connectivity index (χ1) is 9.04. The van der Waals surface area contributed by atoms with Crippen molar-refractivity contribution in [3.63, 3.8) is 0 Å². The van der Waals surface area contributed by atoms with Gasteiger partial charge in [0.2, 0.25) is 5.91 Å². The molecule has 1 unspecified atom stereocenters. The summed E-state index contributed by atoms with van der Waals surface area (Å²) in [7, 11) is 0. The van der Waals surface area contributed by atoms with E-state index in [-0.39, 0.29) is 18.0 Å². The second-order valence-electron chi connectivity index (χ2n) is 4.88. The smallest absolute Gasteiger partial charge is 0.234 e. The van der Waals surface area contributed by atoms with Crippen molar-refractivity contribution < 1.29 is 4.79 Å². The number of nitrogens with one attached hydrogen (secondary N) is 2. The maximum Gasteiger partial charge on any atom is 0.234 e. The van der Waals surface area contributed by atoms with Gasteiger partial charge in [0.05, 0.1) is 6.54 Å². The molecule has 106 valence electrons. The predicted molar refractivity (Wildman–Crippen MR) is 80.4 cm³/mol. The molecule has 2 N–H and O–H groups in total. The van der Waals surface area contributed by atoms with Gasteiger partial charge in [0.1, 0.15) is 0 Å². The third-order valence-electron chi connectivity index (χ3n) is 3.07. The van der Waals surface area contributed by atoms with Crippen LogP contribution >= 0.6 is 11.6 Å². The fourth-order valence-electron chi connectivity index (χ4n) is 2.01. The summed E-state index contributed by atoms with van der Waals surface area (Å²) in [4.78, 5) is 11.7. The summed E-state index contributed by atoms with van der Waals surface area (Å²) in [6.45, 7) is 6.45. The van der Waals surface area contributed by atoms with E-state index in [1.807, 2.05) is 38.1 Å². The van der Waals surface area contributed by atoms with Crippen LogP contribution in [0.3, 0.4) is 0 Å². The lowest BCUT2D eigenvalue weighted by molar-refractivity contribution is -0.121. The summed E-state index contributed by atoms with van der Waals surface area (Å²) >= 11 is 6.12. The molecule has 1 aromatic rings. The number of benzene rings is 1. The van der Waals surface area contributed by atoms with Crippen LogP contribution in [0.15, 0.2) is 24.3 Å². The summed E-state index contributed by atoms with van der Waals surface area (Å²) in [6, 6.07) is 7.96. The molecule has 0 radical (unpaired) electrons. The number of amides is 1. The zero-order valence-corrected chi connectivity index (χ0v) is 12.6. The third-order valence-corrected chi connectivity index (χ3v) is 3.41. The van der Waals surface area contributed by atoms with E-state index in [1.165, 1.54) is 0 Å². The zero-order chi connectivity index (χ0) is 14.3. The Morgan fingerprint density at radius 1 is 1.32 bits per heavy atom. The maximum absolute atomic E-state index is 11.7. The molecule has 1 rings (SSSR count). The molecule has 4 heteroatoms. The van der Waals surface area contributed by atoms with Gasteiger partial charge >= 0.3 is 0 Å². The Morgan fingerprint density at radius 3 is 2.63 bits per heavy atom. The van der Waals surface area contributed by atoms with E-state index in [9.17, 15) is 4.79 Å². The molecule has 0 fully saturated rings. The highest BCUT2D eigenvalue weighted by atomic mass is 35.5. The fourth-order valence-corrected chi connectivity index (χ4v) is 2.31. The highest BCUT2D eigenvalue weighted by Gasteiger charge is 2.11. The molecule has 1 aromatic carbocycles. The largest absolute Gasteiger partial charge is 0.353 e. The molecular weight excluding hydrogens is 260 g/mol. The average molecular weight is 283 g/mol. The van der Waals surface area contributed by atoms with E-state index in [2.05, 4.69) is 17.6 Å². The summed E-state index contributed by atoms with van der Waals surface area (Å²) in [5, 5.41) is 6.88. The van der Waals surface area contributed by atoms with Gasteiger partial charge in [-0.1, -0.05) is 43.1 Å². The van der Waals surface area contributed by atoms with Crippen LogP contribution in [-0.2, 0) is 4.79 Å². The first-order valence-electron chi connectivity index (χ1n) is 6.81. The average Bonchev–Trinajstić information content (AvgIpc) is 2.36. The molecule has 0 aromatic heterocycles. The van der Waals surface area contributed by atoms with Crippen LogP contribution in [0.5, 0.6) is 0 Å². The van der Waals surface area contributed by atoms with Crippen LogP contribution in [0.2, 0.25) is 5.02 Å². The highest BCUT2D eigenvalue weighted by Crippen LogP contribution is 2.21. The Balaban J connectivity index is 2.40. The van der Waals surface area contributed by atoms with Gasteiger partial charge in [-0.25, -0.2) is 0 Å². The number of rotatable bonds is 7. The number of hydrogen-bond donors (Lipinski definition) is 2. The molecule has 0 aliphatic rings. The molecule has 0 heterocycles. The lowest BCUT2D eigenvalue weighted by Crippen LogP contribution is -2.39. The number of halogens is 1. The molecule has 0 aliphatic heterocycles. The van der Waals surface area contributed by atoms with Crippen molar-refractivity contribution in [3.05, 3.63) is 34.9 Å². The van der Waals surface area contributed by atoms with Crippen molar-refractivity contribution in [1.82, 2.24) is 10.6 Å². The second-order valence-corrected chi connectivity index (χ2v) is 5.29. The molecule has 1 amide bonds. The van der Waals surface area contributed by atoms with Crippen LogP contribution in [0.1, 0.15) is 45.2 Å². The Labute approximate surface area is 120 Å². The zero-order valence-electron chi connectivity index (χ0n) is 11.9. The standard InChI is InChI=1S/C15H23ClN2O/c1-4-7-11(2)18-15(19)10-17-12(3)13-8-5-6-9-14(13)16/h5-6,8-9,11-12,17H,4,7,10H2,1-3H3,(H,18,19)/t11?,12-/m0/s1. The Morgan fingerprint density at radius 2 is 2.00 bits per heavy atom. The van der Waals surface area contributed by atoms with Gasteiger partial charge in [0.25, 0.3) is 0 Å². The van der Waals surface area contributed by atoms with Crippen LogP contribution in [0.4, 0.5) is 0 Å². The van der Waals surface area contributed by atoms with E-state index < -0.39 is 0 Å². The van der Waals surface area contributed by atoms with Gasteiger partial charge in [0.15, 0.2) is 0 Å². The first kappa shape index (κ1) is 16.0. The van der Waals surface area contributed by atoms with Crippen LogP contribution in [-0.4, -0.2) is 18.5 Å². The van der Waals surface area contributed by atoms with Crippen molar-refractivity contribution in [2.24, 2.45) is 0 Å². The lowest BCUT2D eigenvalue weighted by atomic mass is 10.1. The SMILES string of the molecule is CCCC(C)NC(=O)CN[C@@H](C)c1ccccc1Cl. The lowest BCUT2D eigenvalue weighted by Gasteiger charge is -2.17. The number of carbonyl (C=O) groups excluding carboxylic acids is 1. The van der Waals surface area contributed by atoms with E-state index in [0.29, 0.717) is 6.54 Å². The molecule has 19 heavy (non-hydrogen) atoms. The first-order valence-corrected chi connectivity index (χ1v) is 7.19. The van der Waals surface area contributed by atoms with Crippen molar-refractivity contribution in [3.8, 4) is 0 Å². The van der Waals surface area contributed by atoms with E-state index >= 15 is 0 Å². The van der Waals surface area contributed by atoms with Gasteiger partial charge in [-0.3, -0.25) is 4.79 Å². The molecular formula is C15H23ClN2O. The van der Waals surface area contributed by atoms with Crippen molar-refractivity contribution >= 4 is 17.5 Å². The quantitative estimate of drug-likeness (QED) is 0.806. The molecule has 2 atom stereocenters. The highest BCUT2D eigenvalue weighted by molar-refractivity contribution is 6.31. The summed E-state index contributed by atoms with van der Waals surface area (Å²) < 4.78 is 0. The fraction of sp³-hybridized carbons (Fsp3) is 0.533. The monoisotopic (exact) mass is 282 g/mol. The van der Waals surface area contributed by atoms with E-state index in [4.69, 9.17) is 11.6 Å². The van der Waals surface area contributed by atoms with Crippen molar-refractivity contribution in [2.45, 2.75) is 45.7 Å². The summed E-state index contributed by atoms with van der Waals surface area (Å²) in [5.74, 6) is 0.0276. The normalized spacial score (nSPS) is 13.9. The summed E-state index contributed by atoms with van der Waals surface area (Å²) in [6.07, 6.45) is 2.08. The number of carbonyl (C=O) groups is 1. The van der Waals surface area contributed by atoms with E-state index in [1.54, 1.807) is 0 Å². The minimum absolute atomic E-state index is 0.0276. The topological polar surface area (TPSA) is 41.1 Å². The van der Waals surface area contributed by atoms with Gasteiger partial charge in [0, 0.05) is 17.1 Å². The van der Waals surface area contributed by atoms with Gasteiger partial charge in [-0.2, -0.15) is 0 Å². The van der Waals surface area contributed by atoms with Crippen molar-refractivity contribution in [1.29, 1.82) is 0 Å². The van der Waals surface area contributed by atoms with Crippen LogP contribution < -0.4 is 10.6 Å². The van der Waals surface area contributed by atoms with Gasteiger partial charge < -0.3 is 10.6 Å². The van der Waals surface area contributed by atoms with Crippen LogP contribution in [0.25, 0.3) is 0 Å². The maximum atomic E-state index is 11.7. The molecule has 0 aliphatic carbocycles. The van der Waals surface area contributed by atoms with Gasteiger partial charge in [-0.05, 0) is 31.9 Å². The number of hydrogen-bond acceptors (Lipinski definition) is 2. The van der Waals surface area contributed by atoms with Gasteiger partial charge in [-0.15, -0.1) is 0 Å². The molecule has 0 spiro atoms. The minimum atomic E-state index is 0.0276. The second kappa shape index (κ2) is 8.18. The Hall–Kier alpha value is -1.06. The Kier molecular flexibility index (Phi) is 6.89. The molecule has 3 nitrogen and oxygen atoms in total. The minimum Gasteiger partial charge on any atom is -0.353 e. The van der Waals surface area contributed by atoms with Crippen LogP contribution in [0, 0.1) is 0 Å². The summed E-state index contributed by atoms with van der Waals surface area (Å²) in [5.41, 5.74) is 1.01. The molecule has 0 bridgehead atoms. The van der Waals surface area contributed by atoms with E-state index in [0.717, 1.165) is 23.4 Å². The molecule has 0 saturated heterocycles. The molecule has 0 saturated carbocycles. The van der Waals surface area contributed by atoms with Crippen molar-refractivity contribution in [2.75, 3.05) is 6.54 Å². The predicted octanol–water partition coefficient (Wildman–Crippen LogP) is 3.30. The Bertz CT molecular complexity index is 409.